The van der Waals surface area contributed by atoms with Gasteiger partial charge in [-0.25, -0.2) is 4.79 Å². The fraction of sp³-hybridized carbons (Fsp3) is 0.783. The number of rotatable bonds is 18. The zero-order chi connectivity index (χ0) is 18.6. The van der Waals surface area contributed by atoms with Crippen LogP contribution < -0.4 is 0 Å². The second kappa shape index (κ2) is 19.3. The Bertz CT molecular complexity index is 344. The largest absolute Gasteiger partial charge is 0.431 e. The van der Waals surface area contributed by atoms with E-state index in [-0.39, 0.29) is 5.97 Å². The summed E-state index contributed by atoms with van der Waals surface area (Å²) in [7, 11) is 0. The summed E-state index contributed by atoms with van der Waals surface area (Å²) in [6, 6.07) is 0. The van der Waals surface area contributed by atoms with E-state index in [1.807, 2.05) is 6.08 Å². The van der Waals surface area contributed by atoms with Gasteiger partial charge in [-0.2, -0.15) is 0 Å². The third-order valence-electron chi connectivity index (χ3n) is 4.59. The van der Waals surface area contributed by atoms with Gasteiger partial charge in [0.05, 0.1) is 6.26 Å². The van der Waals surface area contributed by atoms with E-state index in [0.29, 0.717) is 5.57 Å². The third-order valence-corrected chi connectivity index (χ3v) is 4.59. The molecule has 0 bridgehead atoms. The average Bonchev–Trinajstić information content (AvgIpc) is 2.60. The van der Waals surface area contributed by atoms with Gasteiger partial charge in [0.25, 0.3) is 0 Å². The number of unbranched alkanes of at least 4 members (excludes halogenated alkanes) is 15. The second-order valence-corrected chi connectivity index (χ2v) is 7.30. The molecule has 0 saturated carbocycles. The van der Waals surface area contributed by atoms with Crippen LogP contribution in [0.2, 0.25) is 0 Å². The molecule has 0 aromatic rings. The molecule has 0 rings (SSSR count). The smallest absolute Gasteiger partial charge is 0.337 e. The molecular formula is C23H42O2. The van der Waals surface area contributed by atoms with Gasteiger partial charge < -0.3 is 4.74 Å². The van der Waals surface area contributed by atoms with Crippen LogP contribution in [0.3, 0.4) is 0 Å². The predicted octanol–water partition coefficient (Wildman–Crippen LogP) is 7.88. The van der Waals surface area contributed by atoms with E-state index in [2.05, 4.69) is 13.5 Å². The van der Waals surface area contributed by atoms with Crippen molar-refractivity contribution in [1.29, 1.82) is 0 Å². The molecule has 0 unspecified atom stereocenters. The second-order valence-electron chi connectivity index (χ2n) is 7.30. The molecule has 0 aromatic heterocycles. The molecule has 0 aliphatic heterocycles. The first-order chi connectivity index (χ1) is 12.2. The lowest BCUT2D eigenvalue weighted by atomic mass is 10.0. The minimum atomic E-state index is -0.340. The maximum Gasteiger partial charge on any atom is 0.337 e. The van der Waals surface area contributed by atoms with Gasteiger partial charge in [0.15, 0.2) is 0 Å². The van der Waals surface area contributed by atoms with E-state index < -0.39 is 0 Å². The van der Waals surface area contributed by atoms with Crippen molar-refractivity contribution in [3.63, 3.8) is 0 Å². The fourth-order valence-corrected chi connectivity index (χ4v) is 2.91. The molecule has 0 atom stereocenters. The van der Waals surface area contributed by atoms with Gasteiger partial charge in [0, 0.05) is 5.57 Å². The summed E-state index contributed by atoms with van der Waals surface area (Å²) < 4.78 is 4.91. The molecule has 0 saturated heterocycles. The zero-order valence-electron chi connectivity index (χ0n) is 17.0. The van der Waals surface area contributed by atoms with Crippen LogP contribution in [0.1, 0.15) is 117 Å². The molecule has 0 heterocycles. The molecule has 0 aliphatic rings. The Morgan fingerprint density at radius 1 is 0.760 bits per heavy atom. The van der Waals surface area contributed by atoms with Crippen LogP contribution in [0.5, 0.6) is 0 Å². The highest BCUT2D eigenvalue weighted by molar-refractivity contribution is 5.87. The Hall–Kier alpha value is -1.05. The lowest BCUT2D eigenvalue weighted by molar-refractivity contribution is -0.133. The monoisotopic (exact) mass is 350 g/mol. The molecule has 25 heavy (non-hydrogen) atoms. The molecule has 0 fully saturated rings. The minimum absolute atomic E-state index is 0.340. The van der Waals surface area contributed by atoms with Crippen molar-refractivity contribution in [3.8, 4) is 0 Å². The normalized spacial score (nSPS) is 11.1. The van der Waals surface area contributed by atoms with Crippen LogP contribution >= 0.6 is 0 Å². The number of hydrogen-bond donors (Lipinski definition) is 0. The summed E-state index contributed by atoms with van der Waals surface area (Å²) >= 11 is 0. The van der Waals surface area contributed by atoms with E-state index in [4.69, 9.17) is 4.74 Å². The van der Waals surface area contributed by atoms with Crippen molar-refractivity contribution in [2.45, 2.75) is 117 Å². The first kappa shape index (κ1) is 23.9. The Morgan fingerprint density at radius 3 is 1.56 bits per heavy atom. The predicted molar refractivity (Wildman–Crippen MR) is 110 cm³/mol. The van der Waals surface area contributed by atoms with Crippen molar-refractivity contribution in [3.05, 3.63) is 24.5 Å². The molecule has 0 spiro atoms. The number of carbonyl (C=O) groups is 1. The van der Waals surface area contributed by atoms with Gasteiger partial charge in [0.2, 0.25) is 0 Å². The van der Waals surface area contributed by atoms with Gasteiger partial charge >= 0.3 is 5.97 Å². The SMILES string of the molecule is C=C(C)C(=O)OC=CCCCCCCCCCCCCCCCCC. The van der Waals surface area contributed by atoms with Crippen molar-refractivity contribution < 1.29 is 9.53 Å². The lowest BCUT2D eigenvalue weighted by Gasteiger charge is -2.03. The van der Waals surface area contributed by atoms with E-state index in [0.717, 1.165) is 6.42 Å². The summed E-state index contributed by atoms with van der Waals surface area (Å²) in [6.07, 6.45) is 25.2. The molecule has 2 nitrogen and oxygen atoms in total. The number of carbonyl (C=O) groups excluding carboxylic acids is 1. The summed E-state index contributed by atoms with van der Waals surface area (Å²) in [5.74, 6) is -0.340. The topological polar surface area (TPSA) is 26.3 Å². The first-order valence-electron chi connectivity index (χ1n) is 10.7. The summed E-state index contributed by atoms with van der Waals surface area (Å²) in [5, 5.41) is 0. The quantitative estimate of drug-likeness (QED) is 0.109. The highest BCUT2D eigenvalue weighted by Crippen LogP contribution is 2.13. The summed E-state index contributed by atoms with van der Waals surface area (Å²) in [4.78, 5) is 11.1. The van der Waals surface area contributed by atoms with Crippen LogP contribution in [0.15, 0.2) is 24.5 Å². The Balaban J connectivity index is 3.13. The van der Waals surface area contributed by atoms with Crippen molar-refractivity contribution in [2.24, 2.45) is 0 Å². The molecule has 0 amide bonds. The van der Waals surface area contributed by atoms with Crippen LogP contribution in [0.4, 0.5) is 0 Å². The van der Waals surface area contributed by atoms with E-state index >= 15 is 0 Å². The third kappa shape index (κ3) is 19.1. The molecule has 0 aromatic carbocycles. The summed E-state index contributed by atoms with van der Waals surface area (Å²) in [6.45, 7) is 7.48. The van der Waals surface area contributed by atoms with Gasteiger partial charge in [-0.15, -0.1) is 0 Å². The number of esters is 1. The van der Waals surface area contributed by atoms with E-state index in [1.165, 1.54) is 103 Å². The first-order valence-corrected chi connectivity index (χ1v) is 10.7. The fourth-order valence-electron chi connectivity index (χ4n) is 2.91. The van der Waals surface area contributed by atoms with Crippen molar-refractivity contribution in [1.82, 2.24) is 0 Å². The minimum Gasteiger partial charge on any atom is -0.431 e. The van der Waals surface area contributed by atoms with Crippen molar-refractivity contribution >= 4 is 5.97 Å². The number of ether oxygens (including phenoxy) is 1. The lowest BCUT2D eigenvalue weighted by Crippen LogP contribution is -1.98. The molecule has 0 N–H and O–H groups in total. The Labute approximate surface area is 157 Å². The Morgan fingerprint density at radius 2 is 1.16 bits per heavy atom. The maximum absolute atomic E-state index is 11.1. The zero-order valence-corrected chi connectivity index (χ0v) is 17.0. The average molecular weight is 351 g/mol. The van der Waals surface area contributed by atoms with Crippen LogP contribution in [0, 0.1) is 0 Å². The van der Waals surface area contributed by atoms with Gasteiger partial charge in [-0.05, 0) is 25.8 Å². The molecule has 0 radical (unpaired) electrons. The molecule has 146 valence electrons. The molecule has 0 aliphatic carbocycles. The van der Waals surface area contributed by atoms with Gasteiger partial charge in [0.1, 0.15) is 0 Å². The molecule has 2 heteroatoms. The molecular weight excluding hydrogens is 308 g/mol. The van der Waals surface area contributed by atoms with E-state index in [1.54, 1.807) is 6.92 Å². The summed E-state index contributed by atoms with van der Waals surface area (Å²) in [5.41, 5.74) is 0.441. The van der Waals surface area contributed by atoms with Crippen LogP contribution in [-0.4, -0.2) is 5.97 Å². The highest BCUT2D eigenvalue weighted by Gasteiger charge is 1.98. The number of hydrogen-bond acceptors (Lipinski definition) is 2. The van der Waals surface area contributed by atoms with Crippen molar-refractivity contribution in [2.75, 3.05) is 0 Å². The standard InChI is InChI=1S/C23H42O2/c1-4-5-6-7-8-9-10-11-12-13-14-15-16-17-18-19-20-21-25-23(24)22(2)3/h20-21H,2,4-19H2,1,3H3. The van der Waals surface area contributed by atoms with Gasteiger partial charge in [-0.3, -0.25) is 0 Å². The van der Waals surface area contributed by atoms with Crippen LogP contribution in [-0.2, 0) is 9.53 Å². The van der Waals surface area contributed by atoms with E-state index in [9.17, 15) is 4.79 Å². The Kier molecular flexibility index (Phi) is 18.5. The number of allylic oxidation sites excluding steroid dienone is 1. The van der Waals surface area contributed by atoms with Crippen LogP contribution in [0.25, 0.3) is 0 Å². The highest BCUT2D eigenvalue weighted by atomic mass is 16.5. The maximum atomic E-state index is 11.1. The van der Waals surface area contributed by atoms with Gasteiger partial charge in [-0.1, -0.05) is 103 Å².